The highest BCUT2D eigenvalue weighted by molar-refractivity contribution is 8.93. The monoisotopic (exact) mass is 395 g/mol. The Labute approximate surface area is 155 Å². The summed E-state index contributed by atoms with van der Waals surface area (Å²) in [7, 11) is 1.50. The summed E-state index contributed by atoms with van der Waals surface area (Å²) < 4.78 is 0. The van der Waals surface area contributed by atoms with Gasteiger partial charge in [-0.2, -0.15) is 0 Å². The molecule has 0 aromatic carbocycles. The standard InChI is InChI=1S/C18H36O2.CH5N.BrH/c1-2-3-4-5-6-7-8-9-10-11-12-13-14-15-16-17-18(19)20;1-2;/h2-17H2,1H3,(H,19,20);2H2,1H3;1H. The molecule has 0 rings (SSSR count). The quantitative estimate of drug-likeness (QED) is 0.293. The van der Waals surface area contributed by atoms with Crippen LogP contribution in [0.2, 0.25) is 0 Å². The Morgan fingerprint density at radius 1 is 0.652 bits per heavy atom. The minimum absolute atomic E-state index is 0. The summed E-state index contributed by atoms with van der Waals surface area (Å²) in [6.07, 6.45) is 20.2. The highest BCUT2D eigenvalue weighted by atomic mass is 79.9. The summed E-state index contributed by atoms with van der Waals surface area (Å²) in [6, 6.07) is 0. The van der Waals surface area contributed by atoms with E-state index in [1.165, 1.54) is 90.5 Å². The number of carboxylic acid groups (broad SMARTS) is 1. The molecule has 0 fully saturated rings. The van der Waals surface area contributed by atoms with Gasteiger partial charge in [0.05, 0.1) is 0 Å². The molecular formula is C19H42BrNO2. The second kappa shape index (κ2) is 26.8. The Kier molecular flexibility index (Phi) is 32.3. The SMILES string of the molecule is Br.CCCCCCCCCCCCCCCCCC(=O)O.CN. The van der Waals surface area contributed by atoms with E-state index in [0.717, 1.165) is 12.8 Å². The molecule has 0 aliphatic rings. The van der Waals surface area contributed by atoms with Crippen molar-refractivity contribution in [3.05, 3.63) is 0 Å². The minimum atomic E-state index is -0.653. The number of nitrogens with two attached hydrogens (primary N) is 1. The van der Waals surface area contributed by atoms with Gasteiger partial charge in [-0.05, 0) is 13.5 Å². The third-order valence-electron chi connectivity index (χ3n) is 3.99. The summed E-state index contributed by atoms with van der Waals surface area (Å²) in [5, 5.41) is 8.52. The molecule has 0 heterocycles. The molecule has 0 atom stereocenters. The van der Waals surface area contributed by atoms with Crippen LogP contribution in [0, 0.1) is 0 Å². The van der Waals surface area contributed by atoms with Crippen LogP contribution in [0.15, 0.2) is 0 Å². The van der Waals surface area contributed by atoms with E-state index in [-0.39, 0.29) is 17.0 Å². The van der Waals surface area contributed by atoms with Gasteiger partial charge in [-0.3, -0.25) is 4.79 Å². The van der Waals surface area contributed by atoms with Gasteiger partial charge in [0.15, 0.2) is 0 Å². The third kappa shape index (κ3) is 30.4. The minimum Gasteiger partial charge on any atom is -0.481 e. The molecule has 0 radical (unpaired) electrons. The zero-order chi connectivity index (χ0) is 16.9. The molecule has 3 nitrogen and oxygen atoms in total. The third-order valence-corrected chi connectivity index (χ3v) is 3.99. The molecule has 0 saturated heterocycles. The van der Waals surface area contributed by atoms with Crippen LogP contribution in [0.1, 0.15) is 110 Å². The largest absolute Gasteiger partial charge is 0.481 e. The van der Waals surface area contributed by atoms with Crippen LogP contribution in [0.5, 0.6) is 0 Å². The highest BCUT2D eigenvalue weighted by Crippen LogP contribution is 2.13. The first-order valence-corrected chi connectivity index (χ1v) is 9.57. The van der Waals surface area contributed by atoms with Gasteiger partial charge < -0.3 is 10.8 Å². The topological polar surface area (TPSA) is 63.3 Å². The molecule has 23 heavy (non-hydrogen) atoms. The molecule has 0 amide bonds. The smallest absolute Gasteiger partial charge is 0.303 e. The summed E-state index contributed by atoms with van der Waals surface area (Å²) >= 11 is 0. The van der Waals surface area contributed by atoms with E-state index < -0.39 is 5.97 Å². The van der Waals surface area contributed by atoms with Crippen LogP contribution in [0.25, 0.3) is 0 Å². The van der Waals surface area contributed by atoms with Crippen LogP contribution in [-0.4, -0.2) is 18.1 Å². The molecule has 0 spiro atoms. The Hall–Kier alpha value is -0.0900. The first kappa shape index (κ1) is 27.7. The van der Waals surface area contributed by atoms with Gasteiger partial charge in [-0.1, -0.05) is 96.8 Å². The zero-order valence-corrected chi connectivity index (χ0v) is 17.4. The number of hydrogen-bond donors (Lipinski definition) is 2. The first-order chi connectivity index (χ1) is 10.8. The molecule has 3 N–H and O–H groups in total. The molecule has 0 aliphatic heterocycles. The molecule has 0 aromatic rings. The molecule has 0 aliphatic carbocycles. The zero-order valence-electron chi connectivity index (χ0n) is 15.7. The van der Waals surface area contributed by atoms with Gasteiger partial charge >= 0.3 is 5.97 Å². The molecule has 0 unspecified atom stereocenters. The van der Waals surface area contributed by atoms with Gasteiger partial charge in [-0.15, -0.1) is 17.0 Å². The number of aliphatic carboxylic acids is 1. The lowest BCUT2D eigenvalue weighted by molar-refractivity contribution is -0.137. The number of halogens is 1. The van der Waals surface area contributed by atoms with Crippen molar-refractivity contribution in [1.82, 2.24) is 0 Å². The summed E-state index contributed by atoms with van der Waals surface area (Å²) in [6.45, 7) is 2.27. The van der Waals surface area contributed by atoms with Crippen molar-refractivity contribution in [2.24, 2.45) is 5.73 Å². The van der Waals surface area contributed by atoms with Gasteiger partial charge in [0, 0.05) is 6.42 Å². The Morgan fingerprint density at radius 3 is 1.17 bits per heavy atom. The van der Waals surface area contributed by atoms with Gasteiger partial charge in [0.25, 0.3) is 0 Å². The maximum atomic E-state index is 10.3. The van der Waals surface area contributed by atoms with Crippen molar-refractivity contribution in [1.29, 1.82) is 0 Å². The maximum absolute atomic E-state index is 10.3. The normalized spacial score (nSPS) is 9.70. The lowest BCUT2D eigenvalue weighted by Crippen LogP contribution is -1.93. The molecule has 0 saturated carbocycles. The van der Waals surface area contributed by atoms with E-state index in [2.05, 4.69) is 12.7 Å². The predicted octanol–water partition coefficient (Wildman–Crippen LogP) is 6.49. The van der Waals surface area contributed by atoms with E-state index in [9.17, 15) is 4.79 Å². The second-order valence-electron chi connectivity index (χ2n) is 6.09. The van der Waals surface area contributed by atoms with Crippen LogP contribution in [0.4, 0.5) is 0 Å². The Balaban J connectivity index is -0.00000128. The summed E-state index contributed by atoms with van der Waals surface area (Å²) in [4.78, 5) is 10.3. The molecular weight excluding hydrogens is 354 g/mol. The first-order valence-electron chi connectivity index (χ1n) is 9.57. The highest BCUT2D eigenvalue weighted by Gasteiger charge is 1.97. The fraction of sp³-hybridized carbons (Fsp3) is 0.947. The van der Waals surface area contributed by atoms with Crippen LogP contribution < -0.4 is 5.73 Å². The number of rotatable bonds is 16. The van der Waals surface area contributed by atoms with E-state index >= 15 is 0 Å². The molecule has 142 valence electrons. The van der Waals surface area contributed by atoms with Crippen LogP contribution in [-0.2, 0) is 4.79 Å². The maximum Gasteiger partial charge on any atom is 0.303 e. The van der Waals surface area contributed by atoms with Crippen molar-refractivity contribution < 1.29 is 9.90 Å². The number of unbranched alkanes of at least 4 members (excludes halogenated alkanes) is 14. The Morgan fingerprint density at radius 2 is 0.913 bits per heavy atom. The van der Waals surface area contributed by atoms with Crippen molar-refractivity contribution in [3.63, 3.8) is 0 Å². The van der Waals surface area contributed by atoms with Crippen molar-refractivity contribution in [3.8, 4) is 0 Å². The van der Waals surface area contributed by atoms with Crippen molar-refractivity contribution in [2.45, 2.75) is 110 Å². The van der Waals surface area contributed by atoms with Crippen molar-refractivity contribution >= 4 is 23.0 Å². The fourth-order valence-corrected chi connectivity index (χ4v) is 2.65. The van der Waals surface area contributed by atoms with Crippen LogP contribution >= 0.6 is 17.0 Å². The summed E-state index contributed by atoms with van der Waals surface area (Å²) in [5.41, 5.74) is 4.50. The average molecular weight is 396 g/mol. The molecule has 0 aromatic heterocycles. The van der Waals surface area contributed by atoms with E-state index in [0.29, 0.717) is 6.42 Å². The van der Waals surface area contributed by atoms with Crippen LogP contribution in [0.3, 0.4) is 0 Å². The average Bonchev–Trinajstić information content (AvgIpc) is 2.53. The van der Waals surface area contributed by atoms with Crippen molar-refractivity contribution in [2.75, 3.05) is 7.05 Å². The number of hydrogen-bond acceptors (Lipinski definition) is 2. The van der Waals surface area contributed by atoms with E-state index in [1.54, 1.807) is 0 Å². The van der Waals surface area contributed by atoms with E-state index in [4.69, 9.17) is 5.11 Å². The second-order valence-corrected chi connectivity index (χ2v) is 6.09. The lowest BCUT2D eigenvalue weighted by atomic mass is 10.0. The van der Waals surface area contributed by atoms with Gasteiger partial charge in [0.2, 0.25) is 0 Å². The lowest BCUT2D eigenvalue weighted by Gasteiger charge is -2.03. The molecule has 4 heteroatoms. The van der Waals surface area contributed by atoms with Gasteiger partial charge in [-0.25, -0.2) is 0 Å². The predicted molar refractivity (Wildman–Crippen MR) is 108 cm³/mol. The molecule has 0 bridgehead atoms. The fourth-order valence-electron chi connectivity index (χ4n) is 2.65. The van der Waals surface area contributed by atoms with E-state index in [1.807, 2.05) is 0 Å². The number of carbonyl (C=O) groups is 1. The summed E-state index contributed by atoms with van der Waals surface area (Å²) in [5.74, 6) is -0.653. The Bertz CT molecular complexity index is 214. The number of carboxylic acids is 1. The van der Waals surface area contributed by atoms with Gasteiger partial charge in [0.1, 0.15) is 0 Å².